The molecule has 2 aromatic carbocycles. The fourth-order valence-electron chi connectivity index (χ4n) is 5.73. The van der Waals surface area contributed by atoms with Crippen LogP contribution < -0.4 is 0 Å². The van der Waals surface area contributed by atoms with Crippen molar-refractivity contribution < 1.29 is 0 Å². The summed E-state index contributed by atoms with van der Waals surface area (Å²) in [5.41, 5.74) is 11.9. The van der Waals surface area contributed by atoms with Crippen LogP contribution in [0.15, 0.2) is 112 Å². The zero-order valence-electron chi connectivity index (χ0n) is 19.0. The molecule has 7 rings (SSSR count). The maximum Gasteiger partial charge on any atom is 0.0894 e. The number of allylic oxidation sites excluding steroid dienone is 6. The second kappa shape index (κ2) is 7.71. The molecule has 4 heteroatoms. The molecule has 0 N–H and O–H groups in total. The van der Waals surface area contributed by atoms with Gasteiger partial charge in [0, 0.05) is 37.6 Å². The average molecular weight is 580 g/mol. The van der Waals surface area contributed by atoms with Crippen molar-refractivity contribution in [3.05, 3.63) is 123 Å². The number of hydrogen-bond donors (Lipinski definition) is 0. The van der Waals surface area contributed by atoms with E-state index in [4.69, 9.17) is 4.98 Å². The molecule has 0 aliphatic heterocycles. The largest absolute Gasteiger partial charge is 0.255 e. The topological polar surface area (TPSA) is 25.8 Å². The van der Waals surface area contributed by atoms with E-state index in [1.807, 2.05) is 24.4 Å². The highest BCUT2D eigenvalue weighted by Gasteiger charge is 2.62. The first kappa shape index (κ1) is 21.2. The predicted octanol–water partition coefficient (Wildman–Crippen LogP) is 8.74. The van der Waals surface area contributed by atoms with Gasteiger partial charge < -0.3 is 0 Å². The van der Waals surface area contributed by atoms with Crippen LogP contribution in [-0.4, -0.2) is 9.97 Å². The number of pyridine rings is 2. The van der Waals surface area contributed by atoms with Gasteiger partial charge in [-0.3, -0.25) is 4.98 Å². The minimum Gasteiger partial charge on any atom is -0.255 e. The van der Waals surface area contributed by atoms with Gasteiger partial charge in [0.1, 0.15) is 0 Å². The normalized spacial score (nSPS) is 21.3. The van der Waals surface area contributed by atoms with E-state index in [1.165, 1.54) is 26.7 Å². The Balaban J connectivity index is 1.39. The van der Waals surface area contributed by atoms with Crippen LogP contribution >= 0.6 is 31.9 Å². The molecule has 2 nitrogen and oxygen atoms in total. The summed E-state index contributed by atoms with van der Waals surface area (Å²) in [5, 5.41) is 0. The summed E-state index contributed by atoms with van der Waals surface area (Å²) in [4.78, 5) is 9.65. The van der Waals surface area contributed by atoms with Gasteiger partial charge in [-0.1, -0.05) is 81.3 Å². The Morgan fingerprint density at radius 2 is 1.60 bits per heavy atom. The van der Waals surface area contributed by atoms with Crippen LogP contribution in [0.25, 0.3) is 39.3 Å². The fraction of sp³-hybridized carbons (Fsp3) is 0.0968. The van der Waals surface area contributed by atoms with Gasteiger partial charge in [0.05, 0.1) is 17.1 Å². The van der Waals surface area contributed by atoms with Gasteiger partial charge in [-0.25, -0.2) is 4.98 Å². The Morgan fingerprint density at radius 3 is 2.40 bits per heavy atom. The molecule has 2 atom stereocenters. The second-order valence-electron chi connectivity index (χ2n) is 9.47. The van der Waals surface area contributed by atoms with Gasteiger partial charge >= 0.3 is 0 Å². The van der Waals surface area contributed by atoms with Gasteiger partial charge in [-0.05, 0) is 76.4 Å². The van der Waals surface area contributed by atoms with E-state index in [1.54, 1.807) is 5.57 Å². The summed E-state index contributed by atoms with van der Waals surface area (Å²) in [6, 6.07) is 25.5. The van der Waals surface area contributed by atoms with Crippen molar-refractivity contribution in [3.63, 3.8) is 0 Å². The average Bonchev–Trinajstić information content (AvgIpc) is 3.43. The first-order valence-electron chi connectivity index (χ1n) is 11.7. The first-order valence-corrected chi connectivity index (χ1v) is 13.3. The third-order valence-corrected chi connectivity index (χ3v) is 8.61. The van der Waals surface area contributed by atoms with E-state index < -0.39 is 0 Å². The van der Waals surface area contributed by atoms with Crippen LogP contribution in [0.2, 0.25) is 0 Å². The highest BCUT2D eigenvalue weighted by atomic mass is 79.9. The molecule has 3 aliphatic carbocycles. The van der Waals surface area contributed by atoms with E-state index in [-0.39, 0.29) is 5.41 Å². The van der Waals surface area contributed by atoms with Gasteiger partial charge in [-0.15, -0.1) is 0 Å². The van der Waals surface area contributed by atoms with E-state index in [2.05, 4.69) is 117 Å². The Kier molecular flexibility index (Phi) is 4.67. The lowest BCUT2D eigenvalue weighted by Gasteiger charge is -2.17. The van der Waals surface area contributed by atoms with Crippen LogP contribution in [0.3, 0.4) is 0 Å². The molecule has 35 heavy (non-hydrogen) atoms. The SMILES string of the molecule is CC12C3=C(C=CC(Br)=CC31)c1ccc(-c3ccc(-c4ccccn4)nc3-c3ccc(Br)cc3)cc12. The zero-order valence-corrected chi connectivity index (χ0v) is 22.1. The Hall–Kier alpha value is -3.08. The summed E-state index contributed by atoms with van der Waals surface area (Å²) in [5.74, 6) is 0.472. The van der Waals surface area contributed by atoms with Crippen molar-refractivity contribution in [1.29, 1.82) is 0 Å². The molecule has 1 saturated carbocycles. The summed E-state index contributed by atoms with van der Waals surface area (Å²) >= 11 is 7.27. The number of halogens is 2. The van der Waals surface area contributed by atoms with E-state index in [0.717, 1.165) is 32.7 Å². The number of fused-ring (bicyclic) bond motifs is 4. The maximum atomic E-state index is 5.13. The smallest absolute Gasteiger partial charge is 0.0894 e. The number of hydrogen-bond acceptors (Lipinski definition) is 2. The minimum atomic E-state index is 0.0869. The quantitative estimate of drug-likeness (QED) is 0.242. The van der Waals surface area contributed by atoms with Crippen LogP contribution in [0, 0.1) is 5.92 Å². The van der Waals surface area contributed by atoms with Crippen LogP contribution in [0.1, 0.15) is 18.1 Å². The number of benzene rings is 2. The zero-order chi connectivity index (χ0) is 23.7. The van der Waals surface area contributed by atoms with Gasteiger partial charge in [0.2, 0.25) is 0 Å². The van der Waals surface area contributed by atoms with Crippen molar-refractivity contribution in [3.8, 4) is 33.8 Å². The summed E-state index contributed by atoms with van der Waals surface area (Å²) in [6.45, 7) is 2.39. The van der Waals surface area contributed by atoms with Crippen LogP contribution in [-0.2, 0) is 5.41 Å². The molecule has 2 aromatic heterocycles. The molecule has 3 aliphatic rings. The lowest BCUT2D eigenvalue weighted by atomic mass is 9.88. The molecule has 0 bridgehead atoms. The van der Waals surface area contributed by atoms with E-state index >= 15 is 0 Å². The fourth-order valence-corrected chi connectivity index (χ4v) is 6.39. The molecule has 2 unspecified atom stereocenters. The Labute approximate surface area is 221 Å². The Bertz CT molecular complexity index is 1610. The van der Waals surface area contributed by atoms with Crippen molar-refractivity contribution in [2.24, 2.45) is 5.92 Å². The number of nitrogens with zero attached hydrogens (tertiary/aromatic N) is 2. The number of rotatable bonds is 3. The van der Waals surface area contributed by atoms with Gasteiger partial charge in [0.25, 0.3) is 0 Å². The summed E-state index contributed by atoms with van der Waals surface area (Å²) in [7, 11) is 0. The third kappa shape index (κ3) is 3.20. The summed E-state index contributed by atoms with van der Waals surface area (Å²) < 4.78 is 2.22. The highest BCUT2D eigenvalue weighted by Crippen LogP contribution is 2.69. The lowest BCUT2D eigenvalue weighted by Crippen LogP contribution is -2.05. The molecule has 1 fully saturated rings. The van der Waals surface area contributed by atoms with Crippen molar-refractivity contribution >= 4 is 37.4 Å². The molecule has 0 amide bonds. The summed E-state index contributed by atoms with van der Waals surface area (Å²) in [6.07, 6.45) is 8.60. The van der Waals surface area contributed by atoms with Crippen molar-refractivity contribution in [1.82, 2.24) is 9.97 Å². The van der Waals surface area contributed by atoms with E-state index in [0.29, 0.717) is 5.92 Å². The van der Waals surface area contributed by atoms with Gasteiger partial charge in [-0.2, -0.15) is 0 Å². The molecule has 0 spiro atoms. The van der Waals surface area contributed by atoms with Crippen molar-refractivity contribution in [2.45, 2.75) is 12.3 Å². The molecular formula is C31H20Br2N2. The van der Waals surface area contributed by atoms with E-state index in [9.17, 15) is 0 Å². The highest BCUT2D eigenvalue weighted by molar-refractivity contribution is 9.12. The van der Waals surface area contributed by atoms with Crippen LogP contribution in [0.4, 0.5) is 0 Å². The number of aromatic nitrogens is 2. The molecular weight excluding hydrogens is 560 g/mol. The van der Waals surface area contributed by atoms with Crippen molar-refractivity contribution in [2.75, 3.05) is 0 Å². The monoisotopic (exact) mass is 578 g/mol. The molecule has 2 heterocycles. The first-order chi connectivity index (χ1) is 17.0. The predicted molar refractivity (Wildman–Crippen MR) is 150 cm³/mol. The molecule has 0 radical (unpaired) electrons. The maximum absolute atomic E-state index is 5.13. The standard InChI is InChI=1S/C31H20Br2N2/c1-31-25-16-19(7-11-23(25)24-12-10-21(33)17-26(31)29(24)31)22-13-14-28(27-4-2-3-15-34-27)35-30(22)18-5-8-20(32)9-6-18/h2-17,26H,1H3. The second-order valence-corrected chi connectivity index (χ2v) is 11.3. The molecule has 168 valence electrons. The molecule has 4 aromatic rings. The van der Waals surface area contributed by atoms with Crippen LogP contribution in [0.5, 0.6) is 0 Å². The minimum absolute atomic E-state index is 0.0869. The Morgan fingerprint density at radius 1 is 0.800 bits per heavy atom. The molecule has 0 saturated heterocycles. The third-order valence-electron chi connectivity index (χ3n) is 7.55. The lowest BCUT2D eigenvalue weighted by molar-refractivity contribution is 0.750. The van der Waals surface area contributed by atoms with Gasteiger partial charge in [0.15, 0.2) is 0 Å².